The van der Waals surface area contributed by atoms with Gasteiger partial charge in [0.25, 0.3) is 0 Å². The highest BCUT2D eigenvalue weighted by Gasteiger charge is 2.26. The van der Waals surface area contributed by atoms with E-state index in [0.29, 0.717) is 26.0 Å². The molecule has 0 aromatic heterocycles. The van der Waals surface area contributed by atoms with Gasteiger partial charge in [-0.2, -0.15) is 0 Å². The zero-order valence-electron chi connectivity index (χ0n) is 19.2. The second kappa shape index (κ2) is 12.0. The van der Waals surface area contributed by atoms with Crippen LogP contribution in [0, 0.1) is 6.92 Å². The summed E-state index contributed by atoms with van der Waals surface area (Å²) in [5, 5.41) is 2.91. The molecule has 168 valence electrons. The highest BCUT2D eigenvalue weighted by atomic mass is 16.5. The van der Waals surface area contributed by atoms with Crippen molar-refractivity contribution >= 4 is 11.8 Å². The average molecular weight is 427 g/mol. The molecule has 31 heavy (non-hydrogen) atoms. The summed E-state index contributed by atoms with van der Waals surface area (Å²) in [6.07, 6.45) is 0.870. The van der Waals surface area contributed by atoms with Crippen molar-refractivity contribution in [3.05, 3.63) is 59.7 Å². The number of aryl methyl sites for hydroxylation is 1. The van der Waals surface area contributed by atoms with Crippen molar-refractivity contribution < 1.29 is 19.1 Å². The molecule has 1 atom stereocenters. The molecule has 0 saturated heterocycles. The fraction of sp³-hybridized carbons (Fsp3) is 0.440. The molecule has 2 rings (SSSR count). The van der Waals surface area contributed by atoms with Gasteiger partial charge in [0, 0.05) is 19.0 Å². The zero-order valence-corrected chi connectivity index (χ0v) is 19.2. The fourth-order valence-electron chi connectivity index (χ4n) is 3.22. The van der Waals surface area contributed by atoms with Crippen molar-refractivity contribution in [3.8, 4) is 11.5 Å². The zero-order chi connectivity index (χ0) is 22.8. The molecule has 2 aromatic carbocycles. The Hall–Kier alpha value is -3.02. The van der Waals surface area contributed by atoms with E-state index in [9.17, 15) is 9.59 Å². The van der Waals surface area contributed by atoms with E-state index in [2.05, 4.69) is 5.32 Å². The van der Waals surface area contributed by atoms with Crippen LogP contribution < -0.4 is 14.8 Å². The van der Waals surface area contributed by atoms with Crippen molar-refractivity contribution in [1.82, 2.24) is 10.2 Å². The molecular weight excluding hydrogens is 392 g/mol. The Balaban J connectivity index is 1.98. The Bertz CT molecular complexity index is 849. The minimum absolute atomic E-state index is 0.0174. The molecule has 0 bridgehead atoms. The van der Waals surface area contributed by atoms with Gasteiger partial charge in [0.2, 0.25) is 11.8 Å². The van der Waals surface area contributed by atoms with Crippen LogP contribution in [0.2, 0.25) is 0 Å². The van der Waals surface area contributed by atoms with Gasteiger partial charge in [0.05, 0.1) is 13.7 Å². The van der Waals surface area contributed by atoms with Gasteiger partial charge in [-0.1, -0.05) is 29.8 Å². The van der Waals surface area contributed by atoms with Crippen LogP contribution in [0.1, 0.15) is 44.7 Å². The number of carbonyl (C=O) groups is 2. The van der Waals surface area contributed by atoms with Gasteiger partial charge in [0.15, 0.2) is 0 Å². The maximum Gasteiger partial charge on any atom is 0.242 e. The SMILES string of the molecule is COc1ccc(OCCCC(=O)N(Cc2cccc(C)c2)[C@H](C)C(=O)NC(C)C)cc1. The smallest absolute Gasteiger partial charge is 0.242 e. The third kappa shape index (κ3) is 7.96. The molecule has 2 aromatic rings. The first-order chi connectivity index (χ1) is 14.8. The molecule has 6 heteroatoms. The van der Waals surface area contributed by atoms with Crippen LogP contribution in [0.15, 0.2) is 48.5 Å². The Kier molecular flexibility index (Phi) is 9.38. The van der Waals surface area contributed by atoms with E-state index in [0.717, 1.165) is 22.6 Å². The standard InChI is InChI=1S/C25H34N2O4/c1-18(2)26-25(29)20(4)27(17-21-9-6-8-19(3)16-21)24(28)10-7-15-31-23-13-11-22(30-5)12-14-23/h6,8-9,11-14,16,18,20H,7,10,15,17H2,1-5H3,(H,26,29)/t20-/m1/s1. The first-order valence-corrected chi connectivity index (χ1v) is 10.7. The van der Waals surface area contributed by atoms with Gasteiger partial charge >= 0.3 is 0 Å². The van der Waals surface area contributed by atoms with E-state index in [1.165, 1.54) is 0 Å². The Morgan fingerprint density at radius 2 is 1.71 bits per heavy atom. The summed E-state index contributed by atoms with van der Waals surface area (Å²) < 4.78 is 10.9. The van der Waals surface area contributed by atoms with E-state index in [1.807, 2.05) is 69.3 Å². The molecule has 0 aliphatic heterocycles. The fourth-order valence-corrected chi connectivity index (χ4v) is 3.22. The average Bonchev–Trinajstić information content (AvgIpc) is 2.74. The number of ether oxygens (including phenoxy) is 2. The third-order valence-corrected chi connectivity index (χ3v) is 4.90. The molecule has 0 aliphatic rings. The van der Waals surface area contributed by atoms with Crippen LogP contribution in [0.25, 0.3) is 0 Å². The lowest BCUT2D eigenvalue weighted by molar-refractivity contribution is -0.141. The summed E-state index contributed by atoms with van der Waals surface area (Å²) >= 11 is 0. The summed E-state index contributed by atoms with van der Waals surface area (Å²) in [7, 11) is 1.62. The number of amides is 2. The highest BCUT2D eigenvalue weighted by molar-refractivity contribution is 5.87. The normalized spacial score (nSPS) is 11.7. The first kappa shape index (κ1) is 24.3. The maximum absolute atomic E-state index is 13.0. The molecule has 6 nitrogen and oxygen atoms in total. The predicted molar refractivity (Wildman–Crippen MR) is 122 cm³/mol. The lowest BCUT2D eigenvalue weighted by Crippen LogP contribution is -2.49. The molecular formula is C25H34N2O4. The summed E-state index contributed by atoms with van der Waals surface area (Å²) in [6.45, 7) is 8.43. The number of nitrogens with one attached hydrogen (secondary N) is 1. The van der Waals surface area contributed by atoms with Crippen LogP contribution in [-0.4, -0.2) is 42.5 Å². The lowest BCUT2D eigenvalue weighted by atomic mass is 10.1. The summed E-state index contributed by atoms with van der Waals surface area (Å²) in [6, 6.07) is 14.8. The number of carbonyl (C=O) groups excluding carboxylic acids is 2. The molecule has 0 fully saturated rings. The van der Waals surface area contributed by atoms with Crippen molar-refractivity contribution in [1.29, 1.82) is 0 Å². The largest absolute Gasteiger partial charge is 0.497 e. The van der Waals surface area contributed by atoms with Gasteiger partial charge < -0.3 is 19.7 Å². The molecule has 0 saturated carbocycles. The topological polar surface area (TPSA) is 67.9 Å². The number of benzene rings is 2. The number of hydrogen-bond donors (Lipinski definition) is 1. The van der Waals surface area contributed by atoms with Gasteiger partial charge in [-0.3, -0.25) is 9.59 Å². The van der Waals surface area contributed by atoms with E-state index < -0.39 is 6.04 Å². The number of nitrogens with zero attached hydrogens (tertiary/aromatic N) is 1. The summed E-state index contributed by atoms with van der Waals surface area (Å²) in [5.74, 6) is 1.29. The number of hydrogen-bond acceptors (Lipinski definition) is 4. The van der Waals surface area contributed by atoms with Gasteiger partial charge in [0.1, 0.15) is 17.5 Å². The maximum atomic E-state index is 13.0. The summed E-state index contributed by atoms with van der Waals surface area (Å²) in [4.78, 5) is 27.3. The van der Waals surface area contributed by atoms with Crippen LogP contribution >= 0.6 is 0 Å². The lowest BCUT2D eigenvalue weighted by Gasteiger charge is -2.29. The summed E-state index contributed by atoms with van der Waals surface area (Å²) in [5.41, 5.74) is 2.13. The van der Waals surface area contributed by atoms with Crippen molar-refractivity contribution in [2.24, 2.45) is 0 Å². The number of methoxy groups -OCH3 is 1. The van der Waals surface area contributed by atoms with Crippen LogP contribution in [-0.2, 0) is 16.1 Å². The van der Waals surface area contributed by atoms with Gasteiger partial charge in [-0.25, -0.2) is 0 Å². The van der Waals surface area contributed by atoms with Crippen molar-refractivity contribution in [2.75, 3.05) is 13.7 Å². The molecule has 0 heterocycles. The molecule has 0 spiro atoms. The molecule has 0 radical (unpaired) electrons. The van der Waals surface area contributed by atoms with E-state index in [-0.39, 0.29) is 17.9 Å². The third-order valence-electron chi connectivity index (χ3n) is 4.90. The molecule has 1 N–H and O–H groups in total. The van der Waals surface area contributed by atoms with Gasteiger partial charge in [-0.15, -0.1) is 0 Å². The minimum Gasteiger partial charge on any atom is -0.497 e. The van der Waals surface area contributed by atoms with Crippen LogP contribution in [0.3, 0.4) is 0 Å². The minimum atomic E-state index is -0.557. The van der Waals surface area contributed by atoms with E-state index in [1.54, 1.807) is 18.9 Å². The molecule has 0 unspecified atom stereocenters. The van der Waals surface area contributed by atoms with Crippen LogP contribution in [0.4, 0.5) is 0 Å². The van der Waals surface area contributed by atoms with Crippen molar-refractivity contribution in [3.63, 3.8) is 0 Å². The Labute approximate surface area is 185 Å². The molecule has 2 amide bonds. The molecule has 0 aliphatic carbocycles. The van der Waals surface area contributed by atoms with E-state index in [4.69, 9.17) is 9.47 Å². The predicted octanol–water partition coefficient (Wildman–Crippen LogP) is 4.10. The second-order valence-electron chi connectivity index (χ2n) is 7.98. The first-order valence-electron chi connectivity index (χ1n) is 10.7. The monoisotopic (exact) mass is 426 g/mol. The van der Waals surface area contributed by atoms with Gasteiger partial charge in [-0.05, 0) is 63.9 Å². The highest BCUT2D eigenvalue weighted by Crippen LogP contribution is 2.18. The Morgan fingerprint density at radius 3 is 2.32 bits per heavy atom. The van der Waals surface area contributed by atoms with Crippen molar-refractivity contribution in [2.45, 2.75) is 59.2 Å². The van der Waals surface area contributed by atoms with E-state index >= 15 is 0 Å². The second-order valence-corrected chi connectivity index (χ2v) is 7.98. The Morgan fingerprint density at radius 1 is 1.03 bits per heavy atom. The van der Waals surface area contributed by atoms with Crippen LogP contribution in [0.5, 0.6) is 11.5 Å². The quantitative estimate of drug-likeness (QED) is 0.549. The number of rotatable bonds is 11.